The molecular weight excluding hydrogens is 266 g/mol. The number of carboxylic acids is 1. The number of methoxy groups -OCH3 is 1. The molecule has 0 aliphatic heterocycles. The number of ether oxygens (including phenoxy) is 1. The lowest BCUT2D eigenvalue weighted by Gasteiger charge is -2.00. The minimum absolute atomic E-state index is 0.0415. The number of aromatic carboxylic acids is 1. The molecule has 0 bridgehead atoms. The van der Waals surface area contributed by atoms with Crippen molar-refractivity contribution in [3.05, 3.63) is 23.0 Å². The van der Waals surface area contributed by atoms with Crippen molar-refractivity contribution in [2.24, 2.45) is 0 Å². The zero-order chi connectivity index (χ0) is 14.0. The number of rotatable bonds is 4. The van der Waals surface area contributed by atoms with Crippen molar-refractivity contribution in [3.8, 4) is 16.6 Å². The van der Waals surface area contributed by atoms with E-state index < -0.39 is 5.97 Å². The summed E-state index contributed by atoms with van der Waals surface area (Å²) in [7, 11) is 1.51. The molecule has 0 spiro atoms. The highest BCUT2D eigenvalue weighted by atomic mass is 32.1. The van der Waals surface area contributed by atoms with Gasteiger partial charge < -0.3 is 9.84 Å². The molecular formula is C12H13N3O3S. The Morgan fingerprint density at radius 1 is 1.42 bits per heavy atom. The third-order valence-corrected chi connectivity index (χ3v) is 3.55. The van der Waals surface area contributed by atoms with Gasteiger partial charge in [-0.25, -0.2) is 19.7 Å². The van der Waals surface area contributed by atoms with E-state index in [1.807, 2.05) is 13.8 Å². The molecule has 0 amide bonds. The van der Waals surface area contributed by atoms with Crippen molar-refractivity contribution in [1.82, 2.24) is 15.0 Å². The lowest BCUT2D eigenvalue weighted by molar-refractivity contribution is 0.0700. The Bertz CT molecular complexity index is 610. The Hall–Kier alpha value is -2.02. The van der Waals surface area contributed by atoms with Crippen LogP contribution in [0.25, 0.3) is 10.7 Å². The van der Waals surface area contributed by atoms with Crippen molar-refractivity contribution in [2.75, 3.05) is 7.11 Å². The maximum absolute atomic E-state index is 11.2. The zero-order valence-corrected chi connectivity index (χ0v) is 11.6. The van der Waals surface area contributed by atoms with Crippen LogP contribution in [0.4, 0.5) is 0 Å². The second-order valence-electron chi connectivity index (χ2n) is 4.14. The summed E-state index contributed by atoms with van der Waals surface area (Å²) in [6, 6.07) is 1.63. The highest BCUT2D eigenvalue weighted by Crippen LogP contribution is 2.31. The number of thiazole rings is 1. The molecule has 0 saturated heterocycles. The molecule has 0 aliphatic carbocycles. The molecule has 1 N–H and O–H groups in total. The van der Waals surface area contributed by atoms with Crippen LogP contribution >= 0.6 is 11.3 Å². The average molecular weight is 279 g/mol. The molecule has 0 saturated carbocycles. The summed E-state index contributed by atoms with van der Waals surface area (Å²) < 4.78 is 5.02. The SMILES string of the molecule is COc1cc(-c2nc(C(C)C)c(C(=O)O)s2)ncn1. The highest BCUT2D eigenvalue weighted by molar-refractivity contribution is 7.17. The number of hydrogen-bond donors (Lipinski definition) is 1. The van der Waals surface area contributed by atoms with Crippen molar-refractivity contribution in [3.63, 3.8) is 0 Å². The predicted molar refractivity (Wildman–Crippen MR) is 70.7 cm³/mol. The first kappa shape index (κ1) is 13.4. The van der Waals surface area contributed by atoms with Gasteiger partial charge in [-0.2, -0.15) is 0 Å². The van der Waals surface area contributed by atoms with Crippen LogP contribution in [0.1, 0.15) is 35.1 Å². The van der Waals surface area contributed by atoms with Crippen LogP contribution in [-0.4, -0.2) is 33.1 Å². The Morgan fingerprint density at radius 3 is 2.68 bits per heavy atom. The van der Waals surface area contributed by atoms with E-state index in [1.165, 1.54) is 13.4 Å². The zero-order valence-electron chi connectivity index (χ0n) is 10.7. The third kappa shape index (κ3) is 2.70. The summed E-state index contributed by atoms with van der Waals surface area (Å²) in [6.07, 6.45) is 1.37. The van der Waals surface area contributed by atoms with E-state index in [9.17, 15) is 9.90 Å². The topological polar surface area (TPSA) is 85.2 Å². The Balaban J connectivity index is 2.50. The number of carboxylic acid groups (broad SMARTS) is 1. The van der Waals surface area contributed by atoms with Gasteiger partial charge in [-0.1, -0.05) is 13.8 Å². The van der Waals surface area contributed by atoms with Gasteiger partial charge in [-0.05, 0) is 5.92 Å². The standard InChI is InChI=1S/C12H13N3O3S/c1-6(2)9-10(12(16)17)19-11(15-9)7-4-8(18-3)14-5-13-7/h4-6H,1-3H3,(H,16,17). The monoisotopic (exact) mass is 279 g/mol. The smallest absolute Gasteiger partial charge is 0.347 e. The Labute approximate surface area is 114 Å². The Kier molecular flexibility index (Phi) is 3.75. The first-order chi connectivity index (χ1) is 9.02. The van der Waals surface area contributed by atoms with Gasteiger partial charge in [-0.3, -0.25) is 0 Å². The summed E-state index contributed by atoms with van der Waals surface area (Å²) in [4.78, 5) is 23.8. The first-order valence-electron chi connectivity index (χ1n) is 5.63. The van der Waals surface area contributed by atoms with Crippen LogP contribution in [0.15, 0.2) is 12.4 Å². The van der Waals surface area contributed by atoms with Gasteiger partial charge in [0.25, 0.3) is 0 Å². The summed E-state index contributed by atoms with van der Waals surface area (Å²) in [5.74, 6) is -0.503. The maximum Gasteiger partial charge on any atom is 0.347 e. The molecule has 2 aromatic heterocycles. The summed E-state index contributed by atoms with van der Waals surface area (Å²) in [5.41, 5.74) is 1.14. The molecule has 0 atom stereocenters. The van der Waals surface area contributed by atoms with Gasteiger partial charge >= 0.3 is 5.97 Å². The lowest BCUT2D eigenvalue weighted by atomic mass is 10.1. The minimum Gasteiger partial charge on any atom is -0.481 e. The minimum atomic E-state index is -0.964. The molecule has 19 heavy (non-hydrogen) atoms. The van der Waals surface area contributed by atoms with Crippen molar-refractivity contribution < 1.29 is 14.6 Å². The number of nitrogens with zero attached hydrogens (tertiary/aromatic N) is 3. The number of aromatic nitrogens is 3. The molecule has 6 nitrogen and oxygen atoms in total. The van der Waals surface area contributed by atoms with Gasteiger partial charge in [-0.15, -0.1) is 11.3 Å². The fourth-order valence-electron chi connectivity index (χ4n) is 1.55. The summed E-state index contributed by atoms with van der Waals surface area (Å²) in [6.45, 7) is 3.82. The van der Waals surface area contributed by atoms with E-state index in [-0.39, 0.29) is 10.8 Å². The van der Waals surface area contributed by atoms with Crippen molar-refractivity contribution in [1.29, 1.82) is 0 Å². The fourth-order valence-corrected chi connectivity index (χ4v) is 2.58. The number of carbonyl (C=O) groups is 1. The highest BCUT2D eigenvalue weighted by Gasteiger charge is 2.21. The second-order valence-corrected chi connectivity index (χ2v) is 5.14. The van der Waals surface area contributed by atoms with Gasteiger partial charge in [0.1, 0.15) is 21.9 Å². The Morgan fingerprint density at radius 2 is 2.16 bits per heavy atom. The largest absolute Gasteiger partial charge is 0.481 e. The number of hydrogen-bond acceptors (Lipinski definition) is 6. The third-order valence-electron chi connectivity index (χ3n) is 2.46. The van der Waals surface area contributed by atoms with Gasteiger partial charge in [0.15, 0.2) is 0 Å². The van der Waals surface area contributed by atoms with Crippen LogP contribution in [0.2, 0.25) is 0 Å². The lowest BCUT2D eigenvalue weighted by Crippen LogP contribution is -2.00. The van der Waals surface area contributed by atoms with Gasteiger partial charge in [0, 0.05) is 6.07 Å². The second kappa shape index (κ2) is 5.31. The molecule has 2 aromatic rings. The van der Waals surface area contributed by atoms with Gasteiger partial charge in [0.05, 0.1) is 12.8 Å². The molecule has 2 rings (SSSR count). The van der Waals surface area contributed by atoms with E-state index in [4.69, 9.17) is 4.74 Å². The van der Waals surface area contributed by atoms with Crippen molar-refractivity contribution >= 4 is 17.3 Å². The van der Waals surface area contributed by atoms with Crippen LogP contribution < -0.4 is 4.74 Å². The first-order valence-corrected chi connectivity index (χ1v) is 6.45. The van der Waals surface area contributed by atoms with E-state index in [0.717, 1.165) is 11.3 Å². The van der Waals surface area contributed by atoms with E-state index in [0.29, 0.717) is 22.3 Å². The van der Waals surface area contributed by atoms with Gasteiger partial charge in [0.2, 0.25) is 5.88 Å². The fraction of sp³-hybridized carbons (Fsp3) is 0.333. The molecule has 0 aliphatic rings. The molecule has 0 aromatic carbocycles. The van der Waals surface area contributed by atoms with Crippen molar-refractivity contribution in [2.45, 2.75) is 19.8 Å². The summed E-state index contributed by atoms with van der Waals surface area (Å²) >= 11 is 1.11. The predicted octanol–water partition coefficient (Wildman–Crippen LogP) is 2.43. The quantitative estimate of drug-likeness (QED) is 0.925. The maximum atomic E-state index is 11.2. The average Bonchev–Trinajstić information content (AvgIpc) is 2.84. The van der Waals surface area contributed by atoms with Crippen LogP contribution in [0, 0.1) is 0 Å². The molecule has 0 radical (unpaired) electrons. The molecule has 7 heteroatoms. The molecule has 100 valence electrons. The molecule has 0 unspecified atom stereocenters. The normalized spacial score (nSPS) is 10.7. The van der Waals surface area contributed by atoms with Crippen LogP contribution in [0.3, 0.4) is 0 Å². The van der Waals surface area contributed by atoms with Crippen LogP contribution in [-0.2, 0) is 0 Å². The summed E-state index contributed by atoms with van der Waals surface area (Å²) in [5, 5.41) is 9.75. The molecule has 0 fully saturated rings. The van der Waals surface area contributed by atoms with E-state index in [1.54, 1.807) is 6.07 Å². The van der Waals surface area contributed by atoms with E-state index in [2.05, 4.69) is 15.0 Å². The van der Waals surface area contributed by atoms with Crippen LogP contribution in [0.5, 0.6) is 5.88 Å². The molecule has 2 heterocycles. The van der Waals surface area contributed by atoms with E-state index >= 15 is 0 Å².